The second-order valence-electron chi connectivity index (χ2n) is 5.97. The van der Waals surface area contributed by atoms with Crippen molar-refractivity contribution in [3.8, 4) is 17.1 Å². The van der Waals surface area contributed by atoms with Crippen LogP contribution in [-0.4, -0.2) is 24.6 Å². The number of hydrogen-bond donors (Lipinski definition) is 2. The Hall–Kier alpha value is -3.29. The minimum Gasteiger partial charge on any atom is -0.494 e. The number of hydrogen-bond acceptors (Lipinski definition) is 5. The standard InChI is InChI=1S/C21H17Cl2N3O4/c1-2-29-17-5-3-16(4-6-17)25-20(27)21(28)26-24-12-18-7-8-19(30-18)13-9-14(22)11-15(23)10-13/h3-12H,2H2,1H3,(H,25,27)(H,26,28)/b24-12-. The van der Waals surface area contributed by atoms with Crippen LogP contribution in [0.5, 0.6) is 5.75 Å². The van der Waals surface area contributed by atoms with E-state index in [1.54, 1.807) is 54.6 Å². The van der Waals surface area contributed by atoms with Crippen molar-refractivity contribution in [3.05, 3.63) is 70.4 Å². The highest BCUT2D eigenvalue weighted by atomic mass is 35.5. The van der Waals surface area contributed by atoms with Crippen LogP contribution in [0.2, 0.25) is 10.0 Å². The summed E-state index contributed by atoms with van der Waals surface area (Å²) in [6.45, 7) is 2.41. The summed E-state index contributed by atoms with van der Waals surface area (Å²) in [6, 6.07) is 15.0. The summed E-state index contributed by atoms with van der Waals surface area (Å²) in [5, 5.41) is 7.16. The Labute approximate surface area is 182 Å². The van der Waals surface area contributed by atoms with E-state index in [2.05, 4.69) is 15.8 Å². The van der Waals surface area contributed by atoms with Crippen molar-refractivity contribution >= 4 is 46.9 Å². The van der Waals surface area contributed by atoms with E-state index < -0.39 is 11.8 Å². The Morgan fingerprint density at radius 1 is 1.03 bits per heavy atom. The van der Waals surface area contributed by atoms with Gasteiger partial charge in [-0.25, -0.2) is 5.43 Å². The lowest BCUT2D eigenvalue weighted by Gasteiger charge is -2.06. The number of ether oxygens (including phenoxy) is 1. The zero-order valence-corrected chi connectivity index (χ0v) is 17.3. The molecule has 0 saturated carbocycles. The maximum absolute atomic E-state index is 11.9. The molecule has 2 N–H and O–H groups in total. The average molecular weight is 446 g/mol. The Morgan fingerprint density at radius 3 is 2.40 bits per heavy atom. The van der Waals surface area contributed by atoms with E-state index in [4.69, 9.17) is 32.4 Å². The van der Waals surface area contributed by atoms with Gasteiger partial charge in [-0.05, 0) is 61.5 Å². The highest BCUT2D eigenvalue weighted by molar-refractivity contribution is 6.39. The number of furan rings is 1. The first-order valence-corrected chi connectivity index (χ1v) is 9.63. The summed E-state index contributed by atoms with van der Waals surface area (Å²) in [5.74, 6) is -0.213. The van der Waals surface area contributed by atoms with Gasteiger partial charge in [0, 0.05) is 21.3 Å². The van der Waals surface area contributed by atoms with Crippen LogP contribution in [0.4, 0.5) is 5.69 Å². The van der Waals surface area contributed by atoms with Crippen molar-refractivity contribution in [1.82, 2.24) is 5.43 Å². The van der Waals surface area contributed by atoms with Crippen LogP contribution in [0, 0.1) is 0 Å². The molecule has 30 heavy (non-hydrogen) atoms. The van der Waals surface area contributed by atoms with Gasteiger partial charge in [-0.1, -0.05) is 23.2 Å². The van der Waals surface area contributed by atoms with Crippen molar-refractivity contribution in [3.63, 3.8) is 0 Å². The van der Waals surface area contributed by atoms with E-state index in [0.29, 0.717) is 45.2 Å². The number of anilines is 1. The third-order valence-corrected chi connectivity index (χ3v) is 4.20. The molecule has 0 spiro atoms. The molecule has 1 aromatic heterocycles. The van der Waals surface area contributed by atoms with Gasteiger partial charge in [-0.15, -0.1) is 0 Å². The molecule has 1 heterocycles. The first kappa shape index (κ1) is 21.4. The van der Waals surface area contributed by atoms with Gasteiger partial charge in [0.2, 0.25) is 0 Å². The summed E-state index contributed by atoms with van der Waals surface area (Å²) in [4.78, 5) is 23.8. The van der Waals surface area contributed by atoms with E-state index in [-0.39, 0.29) is 0 Å². The normalized spacial score (nSPS) is 10.8. The molecule has 2 amide bonds. The molecule has 0 saturated heterocycles. The highest BCUT2D eigenvalue weighted by Crippen LogP contribution is 2.28. The molecule has 9 heteroatoms. The van der Waals surface area contributed by atoms with Crippen molar-refractivity contribution in [2.45, 2.75) is 6.92 Å². The average Bonchev–Trinajstić information content (AvgIpc) is 3.18. The topological polar surface area (TPSA) is 92.9 Å². The molecule has 0 radical (unpaired) electrons. The minimum atomic E-state index is -0.923. The predicted molar refractivity (Wildman–Crippen MR) is 116 cm³/mol. The predicted octanol–water partition coefficient (Wildman–Crippen LogP) is 4.74. The van der Waals surface area contributed by atoms with Gasteiger partial charge in [0.05, 0.1) is 12.8 Å². The number of carbonyl (C=O) groups excluding carboxylic acids is 2. The van der Waals surface area contributed by atoms with Gasteiger partial charge in [-0.2, -0.15) is 5.10 Å². The first-order valence-electron chi connectivity index (χ1n) is 8.88. The van der Waals surface area contributed by atoms with Crippen LogP contribution in [0.25, 0.3) is 11.3 Å². The summed E-state index contributed by atoms with van der Waals surface area (Å²) in [6.07, 6.45) is 1.28. The van der Waals surface area contributed by atoms with E-state index in [1.807, 2.05) is 6.92 Å². The maximum atomic E-state index is 11.9. The molecule has 0 aliphatic heterocycles. The van der Waals surface area contributed by atoms with E-state index in [9.17, 15) is 9.59 Å². The molecule has 7 nitrogen and oxygen atoms in total. The Bertz CT molecular complexity index is 1060. The minimum absolute atomic E-state index is 0.369. The van der Waals surface area contributed by atoms with Gasteiger partial charge >= 0.3 is 11.8 Å². The number of carbonyl (C=O) groups is 2. The monoisotopic (exact) mass is 445 g/mol. The largest absolute Gasteiger partial charge is 0.494 e. The fourth-order valence-electron chi connectivity index (χ4n) is 2.47. The number of nitrogens with zero attached hydrogens (tertiary/aromatic N) is 1. The van der Waals surface area contributed by atoms with Crippen LogP contribution < -0.4 is 15.5 Å². The number of nitrogens with one attached hydrogen (secondary N) is 2. The van der Waals surface area contributed by atoms with Crippen LogP contribution in [0.1, 0.15) is 12.7 Å². The maximum Gasteiger partial charge on any atom is 0.329 e. The molecule has 154 valence electrons. The van der Waals surface area contributed by atoms with Crippen molar-refractivity contribution < 1.29 is 18.7 Å². The molecular weight excluding hydrogens is 429 g/mol. The van der Waals surface area contributed by atoms with Crippen molar-refractivity contribution in [2.24, 2.45) is 5.10 Å². The number of benzene rings is 2. The van der Waals surface area contributed by atoms with E-state index >= 15 is 0 Å². The molecule has 0 atom stereocenters. The number of hydrazone groups is 1. The molecule has 0 bridgehead atoms. The fourth-order valence-corrected chi connectivity index (χ4v) is 2.99. The smallest absolute Gasteiger partial charge is 0.329 e. The summed E-state index contributed by atoms with van der Waals surface area (Å²) in [7, 11) is 0. The lowest BCUT2D eigenvalue weighted by atomic mass is 10.2. The van der Waals surface area contributed by atoms with Gasteiger partial charge < -0.3 is 14.5 Å². The molecule has 0 fully saturated rings. The molecule has 2 aromatic carbocycles. The second-order valence-corrected chi connectivity index (χ2v) is 6.84. The lowest BCUT2D eigenvalue weighted by molar-refractivity contribution is -0.136. The zero-order chi connectivity index (χ0) is 21.5. The fraction of sp³-hybridized carbons (Fsp3) is 0.0952. The van der Waals surface area contributed by atoms with Crippen LogP contribution >= 0.6 is 23.2 Å². The van der Waals surface area contributed by atoms with Crippen LogP contribution in [-0.2, 0) is 9.59 Å². The van der Waals surface area contributed by atoms with E-state index in [0.717, 1.165) is 0 Å². The second kappa shape index (κ2) is 9.96. The summed E-state index contributed by atoms with van der Waals surface area (Å²) >= 11 is 12.0. The quantitative estimate of drug-likeness (QED) is 0.325. The molecular formula is C21H17Cl2N3O4. The Kier molecular flexibility index (Phi) is 7.11. The Morgan fingerprint density at radius 2 is 1.73 bits per heavy atom. The third-order valence-electron chi connectivity index (χ3n) is 3.76. The van der Waals surface area contributed by atoms with Gasteiger partial charge in [-0.3, -0.25) is 9.59 Å². The summed E-state index contributed by atoms with van der Waals surface area (Å²) in [5.41, 5.74) is 3.30. The first-order chi connectivity index (χ1) is 14.4. The molecule has 0 aliphatic rings. The summed E-state index contributed by atoms with van der Waals surface area (Å²) < 4.78 is 10.9. The molecule has 0 aliphatic carbocycles. The Balaban J connectivity index is 1.55. The zero-order valence-electron chi connectivity index (χ0n) is 15.8. The molecule has 3 aromatic rings. The number of rotatable bonds is 6. The number of amides is 2. The van der Waals surface area contributed by atoms with Gasteiger partial charge in [0.25, 0.3) is 0 Å². The SMILES string of the molecule is CCOc1ccc(NC(=O)C(=O)N/N=C\c2ccc(-c3cc(Cl)cc(Cl)c3)o2)cc1. The highest BCUT2D eigenvalue weighted by Gasteiger charge is 2.13. The molecule has 3 rings (SSSR count). The van der Waals surface area contributed by atoms with E-state index in [1.165, 1.54) is 6.21 Å². The van der Waals surface area contributed by atoms with Crippen LogP contribution in [0.15, 0.2) is 64.1 Å². The van der Waals surface area contributed by atoms with Gasteiger partial charge in [0.1, 0.15) is 17.3 Å². The number of halogens is 2. The van der Waals surface area contributed by atoms with Crippen LogP contribution in [0.3, 0.4) is 0 Å². The van der Waals surface area contributed by atoms with Crippen molar-refractivity contribution in [2.75, 3.05) is 11.9 Å². The van der Waals surface area contributed by atoms with Gasteiger partial charge in [0.15, 0.2) is 0 Å². The van der Waals surface area contributed by atoms with Crippen molar-refractivity contribution in [1.29, 1.82) is 0 Å². The third kappa shape index (κ3) is 5.85. The lowest BCUT2D eigenvalue weighted by Crippen LogP contribution is -2.32. The molecule has 0 unspecified atom stereocenters.